The third kappa shape index (κ3) is 10.7. The van der Waals surface area contributed by atoms with Crippen molar-refractivity contribution in [3.63, 3.8) is 0 Å². The molecule has 68 valence electrons. The molecule has 0 atom stereocenters. The van der Waals surface area contributed by atoms with Crippen molar-refractivity contribution < 1.29 is 0 Å². The van der Waals surface area contributed by atoms with Crippen molar-refractivity contribution in [3.05, 3.63) is 0 Å². The molecule has 0 saturated carbocycles. The van der Waals surface area contributed by atoms with Gasteiger partial charge in [0.2, 0.25) is 0 Å². The molecule has 0 aromatic carbocycles. The fourth-order valence-corrected chi connectivity index (χ4v) is 2.84. The van der Waals surface area contributed by atoms with Crippen molar-refractivity contribution in [1.29, 1.82) is 0 Å². The maximum Gasteiger partial charge on any atom is 0.0525 e. The molecule has 0 radical (unpaired) electrons. The summed E-state index contributed by atoms with van der Waals surface area (Å²) in [4.78, 5) is 0. The van der Waals surface area contributed by atoms with Gasteiger partial charge in [0.1, 0.15) is 0 Å². The van der Waals surface area contributed by atoms with E-state index in [2.05, 4.69) is 33.0 Å². The van der Waals surface area contributed by atoms with Gasteiger partial charge >= 0.3 is 0 Å². The van der Waals surface area contributed by atoms with Gasteiger partial charge in [-0.05, 0) is 5.92 Å². The minimum Gasteiger partial charge on any atom is -0.305 e. The molecule has 0 amide bonds. The Morgan fingerprint density at radius 1 is 1.09 bits per heavy atom. The van der Waals surface area contributed by atoms with Crippen molar-refractivity contribution in [2.75, 3.05) is 11.6 Å². The molecule has 0 fully saturated rings. The molecule has 0 heterocycles. The van der Waals surface area contributed by atoms with Crippen LogP contribution in [-0.2, 0) is 0 Å². The standard InChI is InChI=1S/C8H19NS2/c1-7(2)5-10-11-6-9-8(3)4/h7-9H,5-6H2,1-4H3. The summed E-state index contributed by atoms with van der Waals surface area (Å²) < 4.78 is 0. The summed E-state index contributed by atoms with van der Waals surface area (Å²) in [6.07, 6.45) is 0. The van der Waals surface area contributed by atoms with Crippen molar-refractivity contribution in [1.82, 2.24) is 5.32 Å². The molecule has 1 nitrogen and oxygen atoms in total. The highest BCUT2D eigenvalue weighted by Gasteiger charge is 1.95. The normalized spacial score (nSPS) is 11.5. The lowest BCUT2D eigenvalue weighted by Crippen LogP contribution is -2.21. The Morgan fingerprint density at radius 3 is 2.18 bits per heavy atom. The van der Waals surface area contributed by atoms with Gasteiger partial charge in [-0.3, -0.25) is 0 Å². The molecule has 0 unspecified atom stereocenters. The molecule has 1 N–H and O–H groups in total. The van der Waals surface area contributed by atoms with E-state index in [0.717, 1.165) is 11.8 Å². The van der Waals surface area contributed by atoms with Crippen LogP contribution in [0, 0.1) is 5.92 Å². The van der Waals surface area contributed by atoms with E-state index in [1.165, 1.54) is 5.75 Å². The van der Waals surface area contributed by atoms with Crippen LogP contribution in [0.25, 0.3) is 0 Å². The van der Waals surface area contributed by atoms with Gasteiger partial charge in [0.05, 0.1) is 5.88 Å². The van der Waals surface area contributed by atoms with E-state index in [-0.39, 0.29) is 0 Å². The summed E-state index contributed by atoms with van der Waals surface area (Å²) in [5.41, 5.74) is 0. The minimum atomic E-state index is 0.613. The van der Waals surface area contributed by atoms with Crippen molar-refractivity contribution in [2.45, 2.75) is 33.7 Å². The number of rotatable bonds is 6. The summed E-state index contributed by atoms with van der Waals surface area (Å²) in [6.45, 7) is 8.86. The van der Waals surface area contributed by atoms with Crippen LogP contribution in [0.3, 0.4) is 0 Å². The first kappa shape index (κ1) is 11.7. The topological polar surface area (TPSA) is 12.0 Å². The smallest absolute Gasteiger partial charge is 0.0525 e. The SMILES string of the molecule is CC(C)CSSCNC(C)C. The van der Waals surface area contributed by atoms with Gasteiger partial charge in [-0.15, -0.1) is 0 Å². The van der Waals surface area contributed by atoms with Gasteiger partial charge in [0, 0.05) is 11.8 Å². The molecule has 0 rings (SSSR count). The predicted octanol–water partition coefficient (Wildman–Crippen LogP) is 2.98. The molecule has 0 aliphatic heterocycles. The third-order valence-electron chi connectivity index (χ3n) is 1.04. The Morgan fingerprint density at radius 2 is 1.73 bits per heavy atom. The molecule has 3 heteroatoms. The van der Waals surface area contributed by atoms with Crippen LogP contribution in [0.5, 0.6) is 0 Å². The van der Waals surface area contributed by atoms with Crippen LogP contribution >= 0.6 is 21.6 Å². The second-order valence-corrected chi connectivity index (χ2v) is 5.81. The summed E-state index contributed by atoms with van der Waals surface area (Å²) >= 11 is 0. The molecular weight excluding hydrogens is 174 g/mol. The Hall–Kier alpha value is 0.660. The fourth-order valence-electron chi connectivity index (χ4n) is 0.427. The van der Waals surface area contributed by atoms with Crippen LogP contribution in [0.15, 0.2) is 0 Å². The average Bonchev–Trinajstić information content (AvgIpc) is 1.85. The maximum atomic E-state index is 3.36. The molecule has 0 saturated heterocycles. The highest BCUT2D eigenvalue weighted by Crippen LogP contribution is 2.22. The van der Waals surface area contributed by atoms with E-state index < -0.39 is 0 Å². The third-order valence-corrected chi connectivity index (χ3v) is 3.55. The molecule has 0 spiro atoms. The minimum absolute atomic E-state index is 0.613. The zero-order valence-electron chi connectivity index (χ0n) is 7.89. The Labute approximate surface area is 78.5 Å². The zero-order valence-corrected chi connectivity index (χ0v) is 9.52. The van der Waals surface area contributed by atoms with E-state index in [9.17, 15) is 0 Å². The first-order chi connectivity index (χ1) is 5.13. The highest BCUT2D eigenvalue weighted by molar-refractivity contribution is 8.76. The van der Waals surface area contributed by atoms with Crippen LogP contribution in [0.4, 0.5) is 0 Å². The summed E-state index contributed by atoms with van der Waals surface area (Å²) in [5, 5.41) is 3.36. The molecule has 0 aliphatic carbocycles. The van der Waals surface area contributed by atoms with Gasteiger partial charge in [0.25, 0.3) is 0 Å². The zero-order chi connectivity index (χ0) is 8.69. The van der Waals surface area contributed by atoms with Crippen LogP contribution < -0.4 is 5.32 Å². The first-order valence-corrected chi connectivity index (χ1v) is 6.59. The average molecular weight is 193 g/mol. The van der Waals surface area contributed by atoms with Gasteiger partial charge in [-0.2, -0.15) is 0 Å². The van der Waals surface area contributed by atoms with Gasteiger partial charge < -0.3 is 5.32 Å². The molecule has 0 aliphatic rings. The van der Waals surface area contributed by atoms with Crippen LogP contribution in [0.1, 0.15) is 27.7 Å². The quantitative estimate of drug-likeness (QED) is 0.396. The van der Waals surface area contributed by atoms with E-state index in [4.69, 9.17) is 0 Å². The highest BCUT2D eigenvalue weighted by atomic mass is 33.1. The molecule has 0 aromatic heterocycles. The van der Waals surface area contributed by atoms with Gasteiger partial charge in [0.15, 0.2) is 0 Å². The van der Waals surface area contributed by atoms with Gasteiger partial charge in [-0.1, -0.05) is 49.3 Å². The van der Waals surface area contributed by atoms with E-state index in [1.54, 1.807) is 0 Å². The number of hydrogen-bond donors (Lipinski definition) is 1. The molecular formula is C8H19NS2. The Kier molecular flexibility index (Phi) is 7.76. The van der Waals surface area contributed by atoms with Crippen LogP contribution in [-0.4, -0.2) is 17.7 Å². The van der Waals surface area contributed by atoms with E-state index in [1.807, 2.05) is 21.6 Å². The van der Waals surface area contributed by atoms with E-state index in [0.29, 0.717) is 6.04 Å². The predicted molar refractivity (Wildman–Crippen MR) is 58.0 cm³/mol. The second-order valence-electron chi connectivity index (χ2n) is 3.30. The lowest BCUT2D eigenvalue weighted by molar-refractivity contribution is 0.656. The largest absolute Gasteiger partial charge is 0.305 e. The molecule has 0 aromatic rings. The lowest BCUT2D eigenvalue weighted by Gasteiger charge is -2.07. The van der Waals surface area contributed by atoms with Crippen molar-refractivity contribution >= 4 is 21.6 Å². The fraction of sp³-hybridized carbons (Fsp3) is 1.00. The van der Waals surface area contributed by atoms with Crippen molar-refractivity contribution in [3.8, 4) is 0 Å². The summed E-state index contributed by atoms with van der Waals surface area (Å²) in [7, 11) is 3.87. The Bertz CT molecular complexity index is 74.2. The summed E-state index contributed by atoms with van der Waals surface area (Å²) in [6, 6.07) is 0.613. The Balaban J connectivity index is 2.91. The summed E-state index contributed by atoms with van der Waals surface area (Å²) in [5.74, 6) is 3.13. The van der Waals surface area contributed by atoms with E-state index >= 15 is 0 Å². The first-order valence-electron chi connectivity index (χ1n) is 4.10. The van der Waals surface area contributed by atoms with Crippen molar-refractivity contribution in [2.24, 2.45) is 5.92 Å². The monoisotopic (exact) mass is 193 g/mol. The van der Waals surface area contributed by atoms with Crippen LogP contribution in [0.2, 0.25) is 0 Å². The number of nitrogens with one attached hydrogen (secondary N) is 1. The lowest BCUT2D eigenvalue weighted by atomic mass is 10.3. The number of hydrogen-bond acceptors (Lipinski definition) is 3. The maximum absolute atomic E-state index is 3.36. The molecule has 11 heavy (non-hydrogen) atoms. The molecule has 0 bridgehead atoms. The van der Waals surface area contributed by atoms with Gasteiger partial charge in [-0.25, -0.2) is 0 Å². The second kappa shape index (κ2) is 7.32.